The molecule has 1 aromatic carbocycles. The van der Waals surface area contributed by atoms with Crippen molar-refractivity contribution in [2.75, 3.05) is 10.1 Å². The fraction of sp³-hybridized carbons (Fsp3) is 0.222. The van der Waals surface area contributed by atoms with E-state index in [-0.39, 0.29) is 22.9 Å². The molecule has 0 unspecified atom stereocenters. The van der Waals surface area contributed by atoms with Gasteiger partial charge in [0.2, 0.25) is 15.9 Å². The summed E-state index contributed by atoms with van der Waals surface area (Å²) in [5.74, 6) is -0.569. The first-order chi connectivity index (χ1) is 7.02. The Labute approximate surface area is 92.5 Å². The van der Waals surface area contributed by atoms with Crippen LogP contribution < -0.4 is 4.31 Å². The second-order valence-electron chi connectivity index (χ2n) is 3.18. The highest BCUT2D eigenvalue weighted by Gasteiger charge is 2.37. The summed E-state index contributed by atoms with van der Waals surface area (Å²) < 4.78 is 23.9. The van der Waals surface area contributed by atoms with Crippen LogP contribution in [0, 0.1) is 0 Å². The number of carbonyl (C=O) groups excluding carboxylic acids is 1. The Balaban J connectivity index is 2.56. The molecule has 0 bridgehead atoms. The largest absolute Gasteiger partial charge is 0.273 e. The topological polar surface area (TPSA) is 54.5 Å². The summed E-state index contributed by atoms with van der Waals surface area (Å²) in [6.07, 6.45) is 0.0214. The lowest BCUT2D eigenvalue weighted by Crippen LogP contribution is -2.29. The standard InChI is InChI=1S/C9H8ClNO3S/c10-7-3-1-2-4-8(7)11-9(12)5-6-15(11,13)14/h1-4H,5-6H2. The smallest absolute Gasteiger partial charge is 0.242 e. The van der Waals surface area contributed by atoms with Gasteiger partial charge in [0.25, 0.3) is 0 Å². The number of benzene rings is 1. The second-order valence-corrected chi connectivity index (χ2v) is 5.52. The summed E-state index contributed by atoms with van der Waals surface area (Å²) in [4.78, 5) is 11.4. The van der Waals surface area contributed by atoms with E-state index in [1.807, 2.05) is 0 Å². The Kier molecular flexibility index (Phi) is 2.44. The Morgan fingerprint density at radius 1 is 1.27 bits per heavy atom. The lowest BCUT2D eigenvalue weighted by molar-refractivity contribution is -0.116. The van der Waals surface area contributed by atoms with E-state index in [0.717, 1.165) is 4.31 Å². The van der Waals surface area contributed by atoms with Crippen molar-refractivity contribution in [2.45, 2.75) is 6.42 Å². The summed E-state index contributed by atoms with van der Waals surface area (Å²) in [6, 6.07) is 6.39. The number of para-hydroxylation sites is 1. The molecule has 0 atom stereocenters. The number of rotatable bonds is 1. The molecule has 4 nitrogen and oxygen atoms in total. The number of anilines is 1. The molecular weight excluding hydrogens is 238 g/mol. The number of sulfonamides is 1. The van der Waals surface area contributed by atoms with Gasteiger partial charge in [-0.2, -0.15) is 0 Å². The molecule has 0 radical (unpaired) electrons. The molecule has 1 aliphatic heterocycles. The van der Waals surface area contributed by atoms with E-state index < -0.39 is 15.9 Å². The van der Waals surface area contributed by atoms with Crippen molar-refractivity contribution < 1.29 is 13.2 Å². The molecule has 6 heteroatoms. The van der Waals surface area contributed by atoms with Crippen molar-refractivity contribution in [2.24, 2.45) is 0 Å². The summed E-state index contributed by atoms with van der Waals surface area (Å²) >= 11 is 5.84. The molecule has 80 valence electrons. The van der Waals surface area contributed by atoms with Gasteiger partial charge in [0, 0.05) is 6.42 Å². The molecule has 15 heavy (non-hydrogen) atoms. The first-order valence-corrected chi connectivity index (χ1v) is 6.31. The van der Waals surface area contributed by atoms with E-state index in [1.165, 1.54) is 6.07 Å². The van der Waals surface area contributed by atoms with Crippen LogP contribution in [-0.4, -0.2) is 20.1 Å². The SMILES string of the molecule is O=C1CCS(=O)(=O)N1c1ccccc1Cl. The second kappa shape index (κ2) is 3.50. The first kappa shape index (κ1) is 10.4. The third-order valence-electron chi connectivity index (χ3n) is 2.15. The lowest BCUT2D eigenvalue weighted by Gasteiger charge is -2.15. The van der Waals surface area contributed by atoms with E-state index >= 15 is 0 Å². The van der Waals surface area contributed by atoms with Crippen molar-refractivity contribution in [1.82, 2.24) is 0 Å². The third kappa shape index (κ3) is 1.72. The van der Waals surface area contributed by atoms with Crippen molar-refractivity contribution in [3.8, 4) is 0 Å². The fourth-order valence-electron chi connectivity index (χ4n) is 1.46. The molecule has 0 aromatic heterocycles. The van der Waals surface area contributed by atoms with Crippen LogP contribution in [-0.2, 0) is 14.8 Å². The molecule has 1 saturated heterocycles. The zero-order valence-electron chi connectivity index (χ0n) is 7.68. The lowest BCUT2D eigenvalue weighted by atomic mass is 10.3. The van der Waals surface area contributed by atoms with Crippen LogP contribution in [0.1, 0.15) is 6.42 Å². The maximum atomic E-state index is 11.6. The highest BCUT2D eigenvalue weighted by Crippen LogP contribution is 2.31. The average molecular weight is 246 g/mol. The Bertz CT molecular complexity index is 512. The molecule has 0 saturated carbocycles. The Hall–Kier alpha value is -1.07. The van der Waals surface area contributed by atoms with Crippen LogP contribution in [0.2, 0.25) is 5.02 Å². The number of halogens is 1. The Morgan fingerprint density at radius 3 is 2.47 bits per heavy atom. The van der Waals surface area contributed by atoms with Crippen LogP contribution in [0.4, 0.5) is 5.69 Å². The average Bonchev–Trinajstić information content (AvgIpc) is 2.43. The molecule has 1 amide bonds. The zero-order valence-corrected chi connectivity index (χ0v) is 9.25. The molecule has 0 spiro atoms. The minimum Gasteiger partial charge on any atom is -0.273 e. The highest BCUT2D eigenvalue weighted by molar-refractivity contribution is 7.94. The summed E-state index contributed by atoms with van der Waals surface area (Å²) in [6.45, 7) is 0. The van der Waals surface area contributed by atoms with E-state index in [4.69, 9.17) is 11.6 Å². The van der Waals surface area contributed by atoms with Gasteiger partial charge in [0.05, 0.1) is 16.5 Å². The van der Waals surface area contributed by atoms with Gasteiger partial charge in [-0.25, -0.2) is 12.7 Å². The molecule has 0 N–H and O–H groups in total. The number of amides is 1. The molecule has 0 aliphatic carbocycles. The number of hydrogen-bond donors (Lipinski definition) is 0. The van der Waals surface area contributed by atoms with Crippen LogP contribution >= 0.6 is 11.6 Å². The van der Waals surface area contributed by atoms with Crippen molar-refractivity contribution in [3.05, 3.63) is 29.3 Å². The van der Waals surface area contributed by atoms with Gasteiger partial charge in [-0.15, -0.1) is 0 Å². The van der Waals surface area contributed by atoms with E-state index in [9.17, 15) is 13.2 Å². The molecule has 1 fully saturated rings. The number of hydrogen-bond acceptors (Lipinski definition) is 3. The van der Waals surface area contributed by atoms with Crippen molar-refractivity contribution in [1.29, 1.82) is 0 Å². The normalized spacial score (nSPS) is 19.5. The summed E-state index contributed by atoms with van der Waals surface area (Å²) in [7, 11) is -3.51. The third-order valence-corrected chi connectivity index (χ3v) is 4.15. The van der Waals surface area contributed by atoms with Crippen molar-refractivity contribution >= 4 is 33.2 Å². The van der Waals surface area contributed by atoms with E-state index in [1.54, 1.807) is 18.2 Å². The van der Waals surface area contributed by atoms with E-state index in [0.29, 0.717) is 0 Å². The van der Waals surface area contributed by atoms with Crippen LogP contribution in [0.5, 0.6) is 0 Å². The van der Waals surface area contributed by atoms with Crippen LogP contribution in [0.15, 0.2) is 24.3 Å². The molecule has 1 heterocycles. The monoisotopic (exact) mass is 245 g/mol. The number of carbonyl (C=O) groups is 1. The summed E-state index contributed by atoms with van der Waals surface area (Å²) in [5.41, 5.74) is 0.238. The minimum absolute atomic E-state index is 0.0214. The highest BCUT2D eigenvalue weighted by atomic mass is 35.5. The van der Waals surface area contributed by atoms with Gasteiger partial charge in [-0.1, -0.05) is 23.7 Å². The van der Waals surface area contributed by atoms with Gasteiger partial charge in [-0.3, -0.25) is 4.79 Å². The predicted molar refractivity (Wildman–Crippen MR) is 57.3 cm³/mol. The maximum absolute atomic E-state index is 11.6. The number of nitrogens with zero attached hydrogens (tertiary/aromatic N) is 1. The van der Waals surface area contributed by atoms with Crippen LogP contribution in [0.3, 0.4) is 0 Å². The summed E-state index contributed by atoms with van der Waals surface area (Å²) in [5, 5.41) is 0.260. The van der Waals surface area contributed by atoms with Gasteiger partial charge in [-0.05, 0) is 12.1 Å². The zero-order chi connectivity index (χ0) is 11.1. The van der Waals surface area contributed by atoms with Crippen molar-refractivity contribution in [3.63, 3.8) is 0 Å². The minimum atomic E-state index is -3.51. The van der Waals surface area contributed by atoms with E-state index in [2.05, 4.69) is 0 Å². The van der Waals surface area contributed by atoms with Crippen LogP contribution in [0.25, 0.3) is 0 Å². The quantitative estimate of drug-likeness (QED) is 0.752. The molecule has 1 aliphatic rings. The molecular formula is C9H8ClNO3S. The predicted octanol–water partition coefficient (Wildman–Crippen LogP) is 1.41. The van der Waals surface area contributed by atoms with Gasteiger partial charge < -0.3 is 0 Å². The first-order valence-electron chi connectivity index (χ1n) is 4.33. The molecule has 1 aromatic rings. The fourth-order valence-corrected chi connectivity index (χ4v) is 3.21. The van der Waals surface area contributed by atoms with Gasteiger partial charge in [0.15, 0.2) is 0 Å². The van der Waals surface area contributed by atoms with Gasteiger partial charge in [0.1, 0.15) is 0 Å². The maximum Gasteiger partial charge on any atom is 0.242 e. The molecule has 2 rings (SSSR count). The Morgan fingerprint density at radius 2 is 1.93 bits per heavy atom. The van der Waals surface area contributed by atoms with Gasteiger partial charge >= 0.3 is 0 Å².